The topological polar surface area (TPSA) is 45.1 Å². The van der Waals surface area contributed by atoms with Crippen molar-refractivity contribution in [2.45, 2.75) is 38.2 Å². The molecule has 2 unspecified atom stereocenters. The van der Waals surface area contributed by atoms with Gasteiger partial charge in [-0.2, -0.15) is 0 Å². The molecule has 0 amide bonds. The van der Waals surface area contributed by atoms with Gasteiger partial charge in [0.2, 0.25) is 0 Å². The monoisotopic (exact) mass is 234 g/mol. The van der Waals surface area contributed by atoms with Crippen molar-refractivity contribution in [2.75, 3.05) is 13.1 Å². The van der Waals surface area contributed by atoms with Gasteiger partial charge in [0, 0.05) is 24.9 Å². The van der Waals surface area contributed by atoms with E-state index in [4.69, 9.17) is 0 Å². The molecule has 3 heteroatoms. The highest BCUT2D eigenvalue weighted by molar-refractivity contribution is 5.03. The predicted molar refractivity (Wildman–Crippen MR) is 68.8 cm³/mol. The average Bonchev–Trinajstić information content (AvgIpc) is 2.36. The van der Waals surface area contributed by atoms with Crippen LogP contribution >= 0.6 is 0 Å². The van der Waals surface area contributed by atoms with Gasteiger partial charge in [-0.1, -0.05) is 12.5 Å². The molecule has 1 heterocycles. The number of hydrogen-bond acceptors (Lipinski definition) is 3. The molecule has 2 atom stereocenters. The highest BCUT2D eigenvalue weighted by Crippen LogP contribution is 2.23. The Morgan fingerprint density at radius 2 is 2.29 bits per heavy atom. The first-order valence-electron chi connectivity index (χ1n) is 6.63. The van der Waals surface area contributed by atoms with E-state index in [2.05, 4.69) is 16.4 Å². The largest absolute Gasteiger partial charge is 0.393 e. The quantitative estimate of drug-likeness (QED) is 0.763. The minimum atomic E-state index is -0.0636. The van der Waals surface area contributed by atoms with Crippen molar-refractivity contribution in [3.8, 4) is 0 Å². The minimum absolute atomic E-state index is 0.0636. The summed E-state index contributed by atoms with van der Waals surface area (Å²) in [5.74, 6) is 0.655. The zero-order chi connectivity index (χ0) is 11.9. The van der Waals surface area contributed by atoms with Crippen LogP contribution in [0.1, 0.15) is 31.4 Å². The van der Waals surface area contributed by atoms with Crippen LogP contribution in [0.2, 0.25) is 0 Å². The van der Waals surface area contributed by atoms with Gasteiger partial charge in [-0.25, -0.2) is 0 Å². The number of aliphatic hydroxyl groups excluding tert-OH is 1. The number of nitrogens with zero attached hydrogens (tertiary/aromatic N) is 1. The van der Waals surface area contributed by atoms with Crippen LogP contribution in [0, 0.1) is 5.92 Å². The summed E-state index contributed by atoms with van der Waals surface area (Å²) in [6.45, 7) is 2.01. The molecule has 1 aliphatic rings. The van der Waals surface area contributed by atoms with Crippen LogP contribution in [0.4, 0.5) is 0 Å². The van der Waals surface area contributed by atoms with E-state index in [1.165, 1.54) is 12.8 Å². The van der Waals surface area contributed by atoms with Gasteiger partial charge in [0.15, 0.2) is 0 Å². The Balaban J connectivity index is 1.60. The fourth-order valence-corrected chi connectivity index (χ4v) is 2.52. The van der Waals surface area contributed by atoms with Crippen LogP contribution in [0.5, 0.6) is 0 Å². The summed E-state index contributed by atoms with van der Waals surface area (Å²) in [4.78, 5) is 4.30. The number of rotatable bonds is 5. The molecule has 1 saturated carbocycles. The Morgan fingerprint density at radius 1 is 1.35 bits per heavy atom. The third kappa shape index (κ3) is 4.44. The van der Waals surface area contributed by atoms with E-state index >= 15 is 0 Å². The maximum Gasteiger partial charge on any atom is 0.0543 e. The van der Waals surface area contributed by atoms with Crippen molar-refractivity contribution in [3.05, 3.63) is 30.1 Å². The van der Waals surface area contributed by atoms with Crippen molar-refractivity contribution in [3.63, 3.8) is 0 Å². The molecule has 2 N–H and O–H groups in total. The lowest BCUT2D eigenvalue weighted by molar-refractivity contribution is 0.101. The van der Waals surface area contributed by atoms with E-state index < -0.39 is 0 Å². The van der Waals surface area contributed by atoms with Gasteiger partial charge in [-0.15, -0.1) is 0 Å². The van der Waals surface area contributed by atoms with E-state index in [1.54, 1.807) is 0 Å². The molecule has 1 fully saturated rings. The maximum atomic E-state index is 9.58. The third-order valence-corrected chi connectivity index (χ3v) is 3.47. The molecule has 0 aromatic carbocycles. The Morgan fingerprint density at radius 3 is 3.06 bits per heavy atom. The lowest BCUT2D eigenvalue weighted by atomic mass is 9.87. The van der Waals surface area contributed by atoms with Crippen molar-refractivity contribution < 1.29 is 5.11 Å². The van der Waals surface area contributed by atoms with Gasteiger partial charge in [-0.3, -0.25) is 4.98 Å². The normalized spacial score (nSPS) is 24.8. The number of aliphatic hydroxyl groups is 1. The first kappa shape index (κ1) is 12.5. The summed E-state index contributed by atoms with van der Waals surface area (Å²) >= 11 is 0. The molecule has 0 aliphatic heterocycles. The summed E-state index contributed by atoms with van der Waals surface area (Å²) in [6.07, 6.45) is 7.15. The van der Waals surface area contributed by atoms with Crippen molar-refractivity contribution in [1.82, 2.24) is 10.3 Å². The first-order chi connectivity index (χ1) is 8.34. The maximum absolute atomic E-state index is 9.58. The van der Waals surface area contributed by atoms with Crippen LogP contribution in [-0.4, -0.2) is 29.3 Å². The number of pyridine rings is 1. The molecule has 1 aromatic rings. The summed E-state index contributed by atoms with van der Waals surface area (Å²) in [7, 11) is 0. The minimum Gasteiger partial charge on any atom is -0.393 e. The molecule has 3 nitrogen and oxygen atoms in total. The second kappa shape index (κ2) is 6.72. The van der Waals surface area contributed by atoms with Crippen LogP contribution in [0.15, 0.2) is 24.4 Å². The van der Waals surface area contributed by atoms with Gasteiger partial charge >= 0.3 is 0 Å². The Hall–Kier alpha value is -0.930. The molecule has 0 spiro atoms. The fraction of sp³-hybridized carbons (Fsp3) is 0.643. The van der Waals surface area contributed by atoms with E-state index in [-0.39, 0.29) is 6.10 Å². The lowest BCUT2D eigenvalue weighted by Gasteiger charge is -2.25. The lowest BCUT2D eigenvalue weighted by Crippen LogP contribution is -2.30. The second-order valence-electron chi connectivity index (χ2n) is 4.96. The summed E-state index contributed by atoms with van der Waals surface area (Å²) < 4.78 is 0. The number of aromatic nitrogens is 1. The van der Waals surface area contributed by atoms with E-state index in [9.17, 15) is 5.11 Å². The SMILES string of the molecule is OC1CCCC(CNCCc2ccccn2)C1. The Labute approximate surface area is 103 Å². The molecule has 94 valence electrons. The highest BCUT2D eigenvalue weighted by Gasteiger charge is 2.19. The van der Waals surface area contributed by atoms with Gasteiger partial charge in [0.05, 0.1) is 6.10 Å². The van der Waals surface area contributed by atoms with Gasteiger partial charge in [0.25, 0.3) is 0 Å². The predicted octanol–water partition coefficient (Wildman–Crippen LogP) is 1.76. The molecule has 1 aliphatic carbocycles. The number of nitrogens with one attached hydrogen (secondary N) is 1. The summed E-state index contributed by atoms with van der Waals surface area (Å²) in [5, 5.41) is 13.0. The van der Waals surface area contributed by atoms with Crippen LogP contribution in [0.3, 0.4) is 0 Å². The fourth-order valence-electron chi connectivity index (χ4n) is 2.52. The third-order valence-electron chi connectivity index (χ3n) is 3.47. The van der Waals surface area contributed by atoms with Gasteiger partial charge < -0.3 is 10.4 Å². The summed E-state index contributed by atoms with van der Waals surface area (Å²) in [5.41, 5.74) is 1.14. The molecule has 0 bridgehead atoms. The molecule has 0 saturated heterocycles. The Kier molecular flexibility index (Phi) is 4.95. The standard InChI is InChI=1S/C14H22N2O/c17-14-6-3-4-12(10-14)11-15-9-7-13-5-1-2-8-16-13/h1-2,5,8,12,14-15,17H,3-4,6-7,9-11H2. The molecule has 1 aromatic heterocycles. The average molecular weight is 234 g/mol. The Bertz CT molecular complexity index is 315. The van der Waals surface area contributed by atoms with Gasteiger partial charge in [-0.05, 0) is 43.9 Å². The van der Waals surface area contributed by atoms with Crippen LogP contribution in [-0.2, 0) is 6.42 Å². The molecular weight excluding hydrogens is 212 g/mol. The van der Waals surface area contributed by atoms with Crippen LogP contribution in [0.25, 0.3) is 0 Å². The van der Waals surface area contributed by atoms with E-state index in [0.29, 0.717) is 5.92 Å². The van der Waals surface area contributed by atoms with E-state index in [1.807, 2.05) is 18.3 Å². The van der Waals surface area contributed by atoms with Crippen LogP contribution < -0.4 is 5.32 Å². The molecule has 2 rings (SSSR count). The highest BCUT2D eigenvalue weighted by atomic mass is 16.3. The zero-order valence-corrected chi connectivity index (χ0v) is 10.3. The van der Waals surface area contributed by atoms with E-state index in [0.717, 1.165) is 38.0 Å². The zero-order valence-electron chi connectivity index (χ0n) is 10.3. The second-order valence-corrected chi connectivity index (χ2v) is 4.96. The number of hydrogen-bond donors (Lipinski definition) is 2. The van der Waals surface area contributed by atoms with Crippen molar-refractivity contribution in [2.24, 2.45) is 5.92 Å². The molecule has 17 heavy (non-hydrogen) atoms. The van der Waals surface area contributed by atoms with Gasteiger partial charge in [0.1, 0.15) is 0 Å². The van der Waals surface area contributed by atoms with Crippen molar-refractivity contribution >= 4 is 0 Å². The molecular formula is C14H22N2O. The smallest absolute Gasteiger partial charge is 0.0543 e. The summed E-state index contributed by atoms with van der Waals surface area (Å²) in [6, 6.07) is 6.03. The molecule has 0 radical (unpaired) electrons. The van der Waals surface area contributed by atoms with Crippen molar-refractivity contribution in [1.29, 1.82) is 0 Å². The first-order valence-corrected chi connectivity index (χ1v) is 6.63.